The summed E-state index contributed by atoms with van der Waals surface area (Å²) in [6.45, 7) is 1.08. The van der Waals surface area contributed by atoms with E-state index in [1.165, 1.54) is 30.6 Å². The Hall–Kier alpha value is -0.980. The first-order chi connectivity index (χ1) is 9.57. The average Bonchev–Trinajstić information content (AvgIpc) is 2.94. The quantitative estimate of drug-likeness (QED) is 0.866. The Morgan fingerprint density at radius 2 is 2.15 bits per heavy atom. The Labute approximate surface area is 124 Å². The molecule has 0 saturated heterocycles. The summed E-state index contributed by atoms with van der Waals surface area (Å²) in [5.74, 6) is -0.0900. The maximum Gasteiger partial charge on any atom is 0.270 e. The van der Waals surface area contributed by atoms with Crippen molar-refractivity contribution in [1.82, 2.24) is 15.2 Å². The van der Waals surface area contributed by atoms with Crippen LogP contribution >= 0.6 is 11.3 Å². The second-order valence-electron chi connectivity index (χ2n) is 5.69. The van der Waals surface area contributed by atoms with Crippen LogP contribution in [-0.4, -0.2) is 42.0 Å². The molecule has 1 aliphatic rings. The molecule has 1 heterocycles. The molecule has 6 heteroatoms. The second-order valence-corrected chi connectivity index (χ2v) is 6.64. The van der Waals surface area contributed by atoms with E-state index in [4.69, 9.17) is 5.73 Å². The highest BCUT2D eigenvalue weighted by Crippen LogP contribution is 2.31. The topological polar surface area (TPSA) is 71.2 Å². The summed E-state index contributed by atoms with van der Waals surface area (Å²) < 4.78 is 0. The third kappa shape index (κ3) is 3.37. The van der Waals surface area contributed by atoms with Crippen molar-refractivity contribution in [2.24, 2.45) is 5.73 Å². The van der Waals surface area contributed by atoms with E-state index in [0.717, 1.165) is 17.8 Å². The van der Waals surface area contributed by atoms with Crippen LogP contribution in [0.1, 0.15) is 47.6 Å². The van der Waals surface area contributed by atoms with Gasteiger partial charge in [-0.25, -0.2) is 4.98 Å². The number of thiazole rings is 1. The number of rotatable bonds is 5. The minimum Gasteiger partial charge on any atom is -0.349 e. The van der Waals surface area contributed by atoms with Crippen LogP contribution in [-0.2, 0) is 6.54 Å². The van der Waals surface area contributed by atoms with E-state index in [1.807, 2.05) is 0 Å². The van der Waals surface area contributed by atoms with Gasteiger partial charge in [-0.1, -0.05) is 19.3 Å². The Bertz CT molecular complexity index is 452. The van der Waals surface area contributed by atoms with Crippen molar-refractivity contribution in [2.75, 3.05) is 20.6 Å². The Morgan fingerprint density at radius 3 is 2.70 bits per heavy atom. The predicted molar refractivity (Wildman–Crippen MR) is 81.8 cm³/mol. The van der Waals surface area contributed by atoms with E-state index in [9.17, 15) is 4.79 Å². The van der Waals surface area contributed by atoms with E-state index in [1.54, 1.807) is 5.38 Å². The number of nitrogens with zero attached hydrogens (tertiary/aromatic N) is 2. The number of hydrogen-bond acceptors (Lipinski definition) is 5. The fraction of sp³-hybridized carbons (Fsp3) is 0.714. The van der Waals surface area contributed by atoms with Gasteiger partial charge in [-0.05, 0) is 26.9 Å². The molecule has 0 unspecified atom stereocenters. The lowest BCUT2D eigenvalue weighted by atomic mass is 9.80. The first-order valence-electron chi connectivity index (χ1n) is 7.17. The largest absolute Gasteiger partial charge is 0.349 e. The van der Waals surface area contributed by atoms with E-state index < -0.39 is 0 Å². The molecule has 5 nitrogen and oxygen atoms in total. The lowest BCUT2D eigenvalue weighted by molar-refractivity contribution is 0.0796. The maximum absolute atomic E-state index is 12.2. The van der Waals surface area contributed by atoms with Gasteiger partial charge < -0.3 is 16.0 Å². The first-order valence-corrected chi connectivity index (χ1v) is 8.05. The molecule has 0 bridgehead atoms. The van der Waals surface area contributed by atoms with Gasteiger partial charge in [-0.15, -0.1) is 11.3 Å². The van der Waals surface area contributed by atoms with Crippen LogP contribution in [0.25, 0.3) is 0 Å². The third-order valence-electron chi connectivity index (χ3n) is 4.27. The van der Waals surface area contributed by atoms with Crippen LogP contribution in [0.2, 0.25) is 0 Å². The SMILES string of the molecule is CN(C)C1(CNC(=O)c2csc(CN)n2)CCCCC1. The minimum absolute atomic E-state index is 0.0900. The summed E-state index contributed by atoms with van der Waals surface area (Å²) in [7, 11) is 4.21. The zero-order valence-electron chi connectivity index (χ0n) is 12.3. The molecule has 1 saturated carbocycles. The summed E-state index contributed by atoms with van der Waals surface area (Å²) in [6, 6.07) is 0. The van der Waals surface area contributed by atoms with Gasteiger partial charge in [0.15, 0.2) is 0 Å². The van der Waals surface area contributed by atoms with E-state index in [-0.39, 0.29) is 11.4 Å². The number of hydrogen-bond donors (Lipinski definition) is 2. The molecule has 1 aliphatic carbocycles. The summed E-state index contributed by atoms with van der Waals surface area (Å²) in [5, 5.41) is 5.63. The van der Waals surface area contributed by atoms with Crippen LogP contribution in [0.3, 0.4) is 0 Å². The fourth-order valence-electron chi connectivity index (χ4n) is 2.84. The predicted octanol–water partition coefficient (Wildman–Crippen LogP) is 1.60. The molecular weight excluding hydrogens is 272 g/mol. The lowest BCUT2D eigenvalue weighted by Gasteiger charge is -2.43. The molecule has 0 radical (unpaired) electrons. The molecule has 0 atom stereocenters. The molecular formula is C14H24N4OS. The molecule has 1 amide bonds. The van der Waals surface area contributed by atoms with Gasteiger partial charge in [0, 0.05) is 24.0 Å². The fourth-order valence-corrected chi connectivity index (χ4v) is 3.49. The first kappa shape index (κ1) is 15.4. The van der Waals surface area contributed by atoms with Gasteiger partial charge in [-0.3, -0.25) is 4.79 Å². The Morgan fingerprint density at radius 1 is 1.45 bits per heavy atom. The third-order valence-corrected chi connectivity index (χ3v) is 5.14. The van der Waals surface area contributed by atoms with Crippen molar-refractivity contribution >= 4 is 17.2 Å². The average molecular weight is 296 g/mol. The van der Waals surface area contributed by atoms with Gasteiger partial charge in [0.25, 0.3) is 5.91 Å². The molecule has 0 aromatic carbocycles. The van der Waals surface area contributed by atoms with E-state index in [2.05, 4.69) is 29.3 Å². The maximum atomic E-state index is 12.2. The summed E-state index contributed by atoms with van der Waals surface area (Å²) in [4.78, 5) is 18.6. The highest BCUT2D eigenvalue weighted by Gasteiger charge is 2.34. The van der Waals surface area contributed by atoms with E-state index in [0.29, 0.717) is 18.8 Å². The number of carbonyl (C=O) groups excluding carboxylic acids is 1. The van der Waals surface area contributed by atoms with Gasteiger partial charge >= 0.3 is 0 Å². The number of likely N-dealkylation sites (N-methyl/N-ethyl adjacent to an activating group) is 1. The van der Waals surface area contributed by atoms with Crippen LogP contribution in [0.15, 0.2) is 5.38 Å². The van der Waals surface area contributed by atoms with Crippen LogP contribution in [0.5, 0.6) is 0 Å². The summed E-state index contributed by atoms with van der Waals surface area (Å²) in [5.41, 5.74) is 6.11. The van der Waals surface area contributed by atoms with E-state index >= 15 is 0 Å². The normalized spacial score (nSPS) is 18.2. The molecule has 3 N–H and O–H groups in total. The molecule has 0 spiro atoms. The minimum atomic E-state index is -0.0900. The zero-order valence-corrected chi connectivity index (χ0v) is 13.1. The van der Waals surface area contributed by atoms with Gasteiger partial charge in [0.2, 0.25) is 0 Å². The van der Waals surface area contributed by atoms with Crippen LogP contribution < -0.4 is 11.1 Å². The van der Waals surface area contributed by atoms with Crippen molar-refractivity contribution in [2.45, 2.75) is 44.2 Å². The smallest absolute Gasteiger partial charge is 0.270 e. The monoisotopic (exact) mass is 296 g/mol. The highest BCUT2D eigenvalue weighted by atomic mass is 32.1. The van der Waals surface area contributed by atoms with Gasteiger partial charge in [0.1, 0.15) is 10.7 Å². The van der Waals surface area contributed by atoms with Crippen molar-refractivity contribution in [1.29, 1.82) is 0 Å². The standard InChI is InChI=1S/C14H24N4OS/c1-18(2)14(6-4-3-5-7-14)10-16-13(19)11-9-20-12(8-15)17-11/h9H,3-8,10,15H2,1-2H3,(H,16,19). The van der Waals surface area contributed by atoms with Crippen molar-refractivity contribution in [3.63, 3.8) is 0 Å². The van der Waals surface area contributed by atoms with Crippen LogP contribution in [0.4, 0.5) is 0 Å². The molecule has 1 aromatic heterocycles. The van der Waals surface area contributed by atoms with Gasteiger partial charge in [-0.2, -0.15) is 0 Å². The van der Waals surface area contributed by atoms with Gasteiger partial charge in [0.05, 0.1) is 0 Å². The summed E-state index contributed by atoms with van der Waals surface area (Å²) in [6.07, 6.45) is 6.07. The molecule has 2 rings (SSSR count). The lowest BCUT2D eigenvalue weighted by Crippen LogP contribution is -2.53. The molecule has 20 heavy (non-hydrogen) atoms. The van der Waals surface area contributed by atoms with Crippen LogP contribution in [0, 0.1) is 0 Å². The number of amides is 1. The van der Waals surface area contributed by atoms with Crippen molar-refractivity contribution in [3.8, 4) is 0 Å². The zero-order chi connectivity index (χ0) is 14.6. The number of carbonyl (C=O) groups is 1. The molecule has 1 aromatic rings. The number of nitrogens with one attached hydrogen (secondary N) is 1. The van der Waals surface area contributed by atoms with Crippen molar-refractivity contribution in [3.05, 3.63) is 16.1 Å². The number of nitrogens with two attached hydrogens (primary N) is 1. The Balaban J connectivity index is 1.96. The molecule has 0 aliphatic heterocycles. The highest BCUT2D eigenvalue weighted by molar-refractivity contribution is 7.09. The number of aromatic nitrogens is 1. The molecule has 112 valence electrons. The second kappa shape index (κ2) is 6.65. The van der Waals surface area contributed by atoms with Crippen molar-refractivity contribution < 1.29 is 4.79 Å². The Kier molecular flexibility index (Phi) is 5.12. The summed E-state index contributed by atoms with van der Waals surface area (Å²) >= 11 is 1.44. The molecule has 1 fully saturated rings.